The van der Waals surface area contributed by atoms with Crippen LogP contribution >= 0.6 is 15.9 Å². The third-order valence-corrected chi connectivity index (χ3v) is 3.79. The average Bonchev–Trinajstić information content (AvgIpc) is 2.89. The van der Waals surface area contributed by atoms with Crippen molar-refractivity contribution < 1.29 is 9.50 Å². The molecule has 2 heterocycles. The molecule has 0 fully saturated rings. The lowest BCUT2D eigenvalue weighted by Crippen LogP contribution is -2.22. The molecule has 22 heavy (non-hydrogen) atoms. The molecular weight excluding hydrogens is 351 g/mol. The molecule has 1 atom stereocenters. The Morgan fingerprint density at radius 2 is 2.05 bits per heavy atom. The highest BCUT2D eigenvalue weighted by Crippen LogP contribution is 2.16. The number of anilines is 1. The molecule has 5 nitrogen and oxygen atoms in total. The van der Waals surface area contributed by atoms with E-state index in [0.29, 0.717) is 24.4 Å². The number of aliphatic hydroxyl groups excluding tert-OH is 1. The second kappa shape index (κ2) is 6.41. The standard InChI is InChI=1S/C15H14BrFN4O/c16-13-9-19-21-6-5-14(20-15(13)21)18-8-12(22)7-10-1-3-11(17)4-2-10/h1-6,9,12,22H,7-8H2,(H,18,20). The lowest BCUT2D eigenvalue weighted by molar-refractivity contribution is 0.188. The summed E-state index contributed by atoms with van der Waals surface area (Å²) >= 11 is 3.38. The molecule has 3 rings (SSSR count). The van der Waals surface area contributed by atoms with Gasteiger partial charge in [-0.3, -0.25) is 0 Å². The van der Waals surface area contributed by atoms with Crippen molar-refractivity contribution >= 4 is 27.4 Å². The Morgan fingerprint density at radius 3 is 2.82 bits per heavy atom. The molecule has 7 heteroatoms. The van der Waals surface area contributed by atoms with E-state index in [1.165, 1.54) is 12.1 Å². The van der Waals surface area contributed by atoms with Crippen molar-refractivity contribution in [2.24, 2.45) is 0 Å². The molecule has 0 bridgehead atoms. The van der Waals surface area contributed by atoms with Gasteiger partial charge in [0.2, 0.25) is 0 Å². The zero-order valence-corrected chi connectivity index (χ0v) is 13.2. The fourth-order valence-corrected chi connectivity index (χ4v) is 2.49. The number of halogens is 2. The van der Waals surface area contributed by atoms with Gasteiger partial charge >= 0.3 is 0 Å². The fraction of sp³-hybridized carbons (Fsp3) is 0.200. The van der Waals surface area contributed by atoms with Gasteiger partial charge in [0.25, 0.3) is 0 Å². The number of benzene rings is 1. The van der Waals surface area contributed by atoms with Crippen LogP contribution in [0.4, 0.5) is 10.2 Å². The summed E-state index contributed by atoms with van der Waals surface area (Å²) in [6, 6.07) is 7.92. The minimum atomic E-state index is -0.586. The van der Waals surface area contributed by atoms with Gasteiger partial charge in [-0.2, -0.15) is 5.10 Å². The number of hydrogen-bond acceptors (Lipinski definition) is 4. The molecule has 114 valence electrons. The molecule has 3 aromatic rings. The van der Waals surface area contributed by atoms with E-state index >= 15 is 0 Å². The van der Waals surface area contributed by atoms with Crippen molar-refractivity contribution in [1.29, 1.82) is 0 Å². The van der Waals surface area contributed by atoms with Crippen LogP contribution in [0.5, 0.6) is 0 Å². The van der Waals surface area contributed by atoms with E-state index in [1.807, 2.05) is 0 Å². The molecule has 0 aliphatic heterocycles. The average molecular weight is 365 g/mol. The third kappa shape index (κ3) is 3.42. The summed E-state index contributed by atoms with van der Waals surface area (Å²) in [7, 11) is 0. The van der Waals surface area contributed by atoms with Gasteiger partial charge in [-0.05, 0) is 39.7 Å². The van der Waals surface area contributed by atoms with Gasteiger partial charge < -0.3 is 10.4 Å². The summed E-state index contributed by atoms with van der Waals surface area (Å²) in [6.07, 6.45) is 3.33. The van der Waals surface area contributed by atoms with Crippen LogP contribution in [0.15, 0.2) is 47.2 Å². The van der Waals surface area contributed by atoms with Gasteiger partial charge in [-0.15, -0.1) is 0 Å². The molecule has 0 radical (unpaired) electrons. The predicted molar refractivity (Wildman–Crippen MR) is 85.3 cm³/mol. The SMILES string of the molecule is OC(CNc1ccn2ncc(Br)c2n1)Cc1ccc(F)cc1. The van der Waals surface area contributed by atoms with E-state index in [0.717, 1.165) is 10.0 Å². The molecule has 0 amide bonds. The summed E-state index contributed by atoms with van der Waals surface area (Å²) < 4.78 is 15.3. The smallest absolute Gasteiger partial charge is 0.171 e. The molecule has 0 aliphatic carbocycles. The molecule has 0 spiro atoms. The first-order valence-corrected chi connectivity index (χ1v) is 7.57. The van der Waals surface area contributed by atoms with E-state index in [4.69, 9.17) is 0 Å². The lowest BCUT2D eigenvalue weighted by Gasteiger charge is -2.12. The van der Waals surface area contributed by atoms with E-state index in [9.17, 15) is 9.50 Å². The Hall–Kier alpha value is -1.99. The first-order chi connectivity index (χ1) is 10.6. The molecular formula is C15H14BrFN4O. The van der Waals surface area contributed by atoms with Crippen molar-refractivity contribution in [1.82, 2.24) is 14.6 Å². The molecule has 0 aliphatic rings. The van der Waals surface area contributed by atoms with Crippen LogP contribution in [0.25, 0.3) is 5.65 Å². The summed E-state index contributed by atoms with van der Waals surface area (Å²) in [6.45, 7) is 0.353. The van der Waals surface area contributed by atoms with Crippen molar-refractivity contribution in [2.45, 2.75) is 12.5 Å². The van der Waals surface area contributed by atoms with Crippen LogP contribution in [0.2, 0.25) is 0 Å². The fourth-order valence-electron chi connectivity index (χ4n) is 2.13. The monoisotopic (exact) mass is 364 g/mol. The van der Waals surface area contributed by atoms with Crippen LogP contribution < -0.4 is 5.32 Å². The maximum atomic E-state index is 12.8. The zero-order chi connectivity index (χ0) is 15.5. The largest absolute Gasteiger partial charge is 0.391 e. The predicted octanol–water partition coefficient (Wildman–Crippen LogP) is 2.65. The topological polar surface area (TPSA) is 62.5 Å². The molecule has 1 aromatic carbocycles. The molecule has 0 saturated heterocycles. The van der Waals surface area contributed by atoms with Gasteiger partial charge in [-0.25, -0.2) is 13.9 Å². The molecule has 0 saturated carbocycles. The number of rotatable bonds is 5. The van der Waals surface area contributed by atoms with Crippen LogP contribution in [0.3, 0.4) is 0 Å². The Kier molecular flexibility index (Phi) is 4.35. The number of aromatic nitrogens is 3. The molecule has 2 aromatic heterocycles. The van der Waals surface area contributed by atoms with Crippen LogP contribution in [0.1, 0.15) is 5.56 Å². The summed E-state index contributed by atoms with van der Waals surface area (Å²) in [4.78, 5) is 4.41. The second-order valence-electron chi connectivity index (χ2n) is 4.94. The van der Waals surface area contributed by atoms with Crippen LogP contribution in [0, 0.1) is 5.82 Å². The van der Waals surface area contributed by atoms with Gasteiger partial charge in [0.05, 0.1) is 16.8 Å². The van der Waals surface area contributed by atoms with E-state index in [2.05, 4.69) is 31.3 Å². The van der Waals surface area contributed by atoms with Crippen molar-refractivity contribution in [3.63, 3.8) is 0 Å². The quantitative estimate of drug-likeness (QED) is 0.730. The number of fused-ring (bicyclic) bond motifs is 1. The summed E-state index contributed by atoms with van der Waals surface area (Å²) in [5, 5.41) is 17.3. The minimum absolute atomic E-state index is 0.278. The van der Waals surface area contributed by atoms with Crippen molar-refractivity contribution in [3.8, 4) is 0 Å². The van der Waals surface area contributed by atoms with Crippen molar-refractivity contribution in [3.05, 3.63) is 58.6 Å². The lowest BCUT2D eigenvalue weighted by atomic mass is 10.1. The highest BCUT2D eigenvalue weighted by molar-refractivity contribution is 9.10. The molecule has 2 N–H and O–H groups in total. The maximum absolute atomic E-state index is 12.8. The number of nitrogens with one attached hydrogen (secondary N) is 1. The highest BCUT2D eigenvalue weighted by atomic mass is 79.9. The van der Waals surface area contributed by atoms with Gasteiger partial charge in [0.1, 0.15) is 11.6 Å². The van der Waals surface area contributed by atoms with E-state index in [-0.39, 0.29) is 5.82 Å². The first-order valence-electron chi connectivity index (χ1n) is 6.78. The van der Waals surface area contributed by atoms with Crippen LogP contribution in [-0.2, 0) is 6.42 Å². The Bertz CT molecular complexity index is 775. The normalized spacial score (nSPS) is 12.5. The summed E-state index contributed by atoms with van der Waals surface area (Å²) in [5.41, 5.74) is 1.59. The highest BCUT2D eigenvalue weighted by Gasteiger charge is 2.08. The number of nitrogens with zero attached hydrogens (tertiary/aromatic N) is 3. The van der Waals surface area contributed by atoms with E-state index in [1.54, 1.807) is 35.1 Å². The number of aliphatic hydroxyl groups is 1. The zero-order valence-electron chi connectivity index (χ0n) is 11.6. The summed E-state index contributed by atoms with van der Waals surface area (Å²) in [5.74, 6) is 0.382. The van der Waals surface area contributed by atoms with Crippen LogP contribution in [-0.4, -0.2) is 32.4 Å². The third-order valence-electron chi connectivity index (χ3n) is 3.23. The first kappa shape index (κ1) is 14.9. The van der Waals surface area contributed by atoms with Crippen molar-refractivity contribution in [2.75, 3.05) is 11.9 Å². The maximum Gasteiger partial charge on any atom is 0.171 e. The Balaban J connectivity index is 1.60. The minimum Gasteiger partial charge on any atom is -0.391 e. The van der Waals surface area contributed by atoms with E-state index < -0.39 is 6.10 Å². The Labute approximate surface area is 134 Å². The second-order valence-corrected chi connectivity index (χ2v) is 5.79. The Morgan fingerprint density at radius 1 is 1.27 bits per heavy atom. The van der Waals surface area contributed by atoms with Gasteiger partial charge in [-0.1, -0.05) is 12.1 Å². The van der Waals surface area contributed by atoms with Gasteiger partial charge in [0.15, 0.2) is 5.65 Å². The number of hydrogen-bond donors (Lipinski definition) is 2. The van der Waals surface area contributed by atoms with Gasteiger partial charge in [0, 0.05) is 19.2 Å². The molecule has 1 unspecified atom stereocenters.